The number of rotatable bonds is 8. The molecule has 1 aromatic heterocycles. The highest BCUT2D eigenvalue weighted by molar-refractivity contribution is 7.83. The number of aromatic amines is 1. The van der Waals surface area contributed by atoms with Crippen molar-refractivity contribution in [2.75, 3.05) is 26.2 Å². The number of para-hydroxylation sites is 1. The van der Waals surface area contributed by atoms with Crippen LogP contribution < -0.4 is 4.74 Å². The summed E-state index contributed by atoms with van der Waals surface area (Å²) in [6.45, 7) is 12.7. The molecule has 182 valence electrons. The largest absolute Gasteiger partial charge is 0.492 e. The molecule has 1 N–H and O–H groups in total. The van der Waals surface area contributed by atoms with E-state index in [4.69, 9.17) is 4.74 Å². The van der Waals surface area contributed by atoms with Crippen molar-refractivity contribution >= 4 is 21.9 Å². The molecule has 5 nitrogen and oxygen atoms in total. The third-order valence-electron chi connectivity index (χ3n) is 7.40. The first-order chi connectivity index (χ1) is 16.5. The SMILES string of the molecule is CCC1CN(CCOc2ccc([C@@H]3c4[nH]c5ccccc5c4C[C@@H](C)N3[S@@](=O)C(C)C)cc2)C1. The smallest absolute Gasteiger partial charge is 0.119 e. The van der Waals surface area contributed by atoms with Crippen LogP contribution in [0.5, 0.6) is 5.75 Å². The molecule has 1 fully saturated rings. The number of hydrogen-bond acceptors (Lipinski definition) is 3. The third-order valence-corrected chi connectivity index (χ3v) is 9.19. The lowest BCUT2D eigenvalue weighted by Gasteiger charge is -2.40. The molecule has 0 bridgehead atoms. The van der Waals surface area contributed by atoms with E-state index in [9.17, 15) is 4.21 Å². The summed E-state index contributed by atoms with van der Waals surface area (Å²) in [6.07, 6.45) is 2.17. The third kappa shape index (κ3) is 4.43. The van der Waals surface area contributed by atoms with Crippen LogP contribution in [-0.4, -0.2) is 55.9 Å². The number of nitrogens with zero attached hydrogens (tertiary/aromatic N) is 2. The van der Waals surface area contributed by atoms with E-state index >= 15 is 0 Å². The van der Waals surface area contributed by atoms with Crippen molar-refractivity contribution in [2.24, 2.45) is 5.92 Å². The van der Waals surface area contributed by atoms with Gasteiger partial charge in [0.25, 0.3) is 0 Å². The molecular weight excluding hydrogens is 442 g/mol. The fraction of sp³-hybridized carbons (Fsp3) is 0.500. The minimum absolute atomic E-state index is 0.0623. The summed E-state index contributed by atoms with van der Waals surface area (Å²) in [4.78, 5) is 6.14. The van der Waals surface area contributed by atoms with E-state index in [1.165, 1.54) is 36.2 Å². The Morgan fingerprint density at radius 1 is 1.12 bits per heavy atom. The van der Waals surface area contributed by atoms with Crippen molar-refractivity contribution in [1.29, 1.82) is 0 Å². The predicted octanol–water partition coefficient (Wildman–Crippen LogP) is 5.30. The van der Waals surface area contributed by atoms with Crippen LogP contribution in [0.1, 0.15) is 57.0 Å². The Kier molecular flexibility index (Phi) is 6.83. The van der Waals surface area contributed by atoms with Crippen molar-refractivity contribution in [1.82, 2.24) is 14.2 Å². The first-order valence-corrected chi connectivity index (χ1v) is 13.9. The summed E-state index contributed by atoms with van der Waals surface area (Å²) < 4.78 is 21.7. The molecule has 6 heteroatoms. The van der Waals surface area contributed by atoms with E-state index in [0.717, 1.165) is 35.7 Å². The number of fused-ring (bicyclic) bond motifs is 3. The lowest BCUT2D eigenvalue weighted by atomic mass is 9.91. The quantitative estimate of drug-likeness (QED) is 0.477. The topological polar surface area (TPSA) is 48.6 Å². The summed E-state index contributed by atoms with van der Waals surface area (Å²) in [6, 6.07) is 17.0. The predicted molar refractivity (Wildman–Crippen MR) is 141 cm³/mol. The minimum atomic E-state index is -1.09. The minimum Gasteiger partial charge on any atom is -0.492 e. The summed E-state index contributed by atoms with van der Waals surface area (Å²) >= 11 is 0. The molecule has 0 unspecified atom stereocenters. The number of hydrogen-bond donors (Lipinski definition) is 1. The Balaban J connectivity index is 1.40. The standard InChI is InChI=1S/C28H37N3O2S/c1-5-21-17-30(18-21)14-15-33-23-12-10-22(11-13-23)28-27-25(24-8-6-7-9-26(24)29-27)16-20(4)31(28)34(32)19(2)3/h6-13,19-21,28-29H,5,14-18H2,1-4H3/t20-,28-,34+/m1/s1. The summed E-state index contributed by atoms with van der Waals surface area (Å²) in [5.41, 5.74) is 4.82. The van der Waals surface area contributed by atoms with Gasteiger partial charge in [0.05, 0.1) is 17.0 Å². The molecule has 2 aromatic carbocycles. The highest BCUT2D eigenvalue weighted by Crippen LogP contribution is 2.42. The number of benzene rings is 2. The van der Waals surface area contributed by atoms with E-state index in [1.807, 2.05) is 13.8 Å². The fourth-order valence-electron chi connectivity index (χ4n) is 5.44. The molecule has 3 atom stereocenters. The highest BCUT2D eigenvalue weighted by atomic mass is 32.2. The van der Waals surface area contributed by atoms with Gasteiger partial charge in [0.15, 0.2) is 0 Å². The Morgan fingerprint density at radius 3 is 2.56 bits per heavy atom. The highest BCUT2D eigenvalue weighted by Gasteiger charge is 2.39. The summed E-state index contributed by atoms with van der Waals surface area (Å²) in [5.74, 6) is 1.76. The molecule has 0 amide bonds. The van der Waals surface area contributed by atoms with Crippen LogP contribution in [-0.2, 0) is 17.4 Å². The van der Waals surface area contributed by atoms with Crippen molar-refractivity contribution in [3.05, 3.63) is 65.4 Å². The average molecular weight is 480 g/mol. The first kappa shape index (κ1) is 23.6. The molecule has 1 saturated heterocycles. The number of aromatic nitrogens is 1. The molecule has 2 aliphatic rings. The van der Waals surface area contributed by atoms with Crippen LogP contribution in [0.4, 0.5) is 0 Å². The van der Waals surface area contributed by atoms with Crippen molar-refractivity contribution in [3.8, 4) is 5.75 Å². The Bertz CT molecular complexity index is 1150. The van der Waals surface area contributed by atoms with Gasteiger partial charge in [0.1, 0.15) is 12.4 Å². The van der Waals surface area contributed by atoms with Crippen LogP contribution in [0.3, 0.4) is 0 Å². The maximum Gasteiger partial charge on any atom is 0.119 e. The Hall–Kier alpha value is -2.15. The molecule has 3 heterocycles. The van der Waals surface area contributed by atoms with Crippen LogP contribution >= 0.6 is 0 Å². The summed E-state index contributed by atoms with van der Waals surface area (Å²) in [7, 11) is -1.09. The molecule has 2 aliphatic heterocycles. The normalized spacial score (nSPS) is 22.6. The van der Waals surface area contributed by atoms with Crippen LogP contribution in [0, 0.1) is 5.92 Å². The Labute approximate surface area is 206 Å². The van der Waals surface area contributed by atoms with Gasteiger partial charge in [-0.15, -0.1) is 0 Å². The molecule has 0 spiro atoms. The van der Waals surface area contributed by atoms with Crippen LogP contribution in [0.25, 0.3) is 10.9 Å². The van der Waals surface area contributed by atoms with Crippen molar-refractivity contribution in [3.63, 3.8) is 0 Å². The maximum absolute atomic E-state index is 13.5. The lowest BCUT2D eigenvalue weighted by Crippen LogP contribution is -2.47. The van der Waals surface area contributed by atoms with Gasteiger partial charge in [0, 0.05) is 47.5 Å². The van der Waals surface area contributed by atoms with Gasteiger partial charge in [-0.1, -0.05) is 43.7 Å². The van der Waals surface area contributed by atoms with E-state index in [2.05, 4.69) is 76.6 Å². The second kappa shape index (κ2) is 9.84. The molecule has 34 heavy (non-hydrogen) atoms. The zero-order valence-electron chi connectivity index (χ0n) is 20.8. The van der Waals surface area contributed by atoms with Crippen molar-refractivity contribution in [2.45, 2.75) is 57.9 Å². The second-order valence-corrected chi connectivity index (χ2v) is 12.1. The van der Waals surface area contributed by atoms with E-state index < -0.39 is 11.0 Å². The maximum atomic E-state index is 13.5. The van der Waals surface area contributed by atoms with Gasteiger partial charge in [-0.2, -0.15) is 0 Å². The van der Waals surface area contributed by atoms with Gasteiger partial charge in [0.2, 0.25) is 0 Å². The zero-order valence-corrected chi connectivity index (χ0v) is 21.6. The van der Waals surface area contributed by atoms with Gasteiger partial charge < -0.3 is 9.72 Å². The fourth-order valence-corrected chi connectivity index (χ4v) is 6.79. The number of ether oxygens (including phenoxy) is 1. The van der Waals surface area contributed by atoms with Gasteiger partial charge in [-0.05, 0) is 62.4 Å². The van der Waals surface area contributed by atoms with E-state index in [1.54, 1.807) is 0 Å². The van der Waals surface area contributed by atoms with E-state index in [0.29, 0.717) is 6.61 Å². The zero-order chi connectivity index (χ0) is 23.8. The van der Waals surface area contributed by atoms with E-state index in [-0.39, 0.29) is 17.3 Å². The molecular formula is C28H37N3O2S. The number of likely N-dealkylation sites (tertiary alicyclic amines) is 1. The van der Waals surface area contributed by atoms with Gasteiger partial charge in [-0.25, -0.2) is 8.51 Å². The first-order valence-electron chi connectivity index (χ1n) is 12.7. The lowest BCUT2D eigenvalue weighted by molar-refractivity contribution is 0.0806. The monoisotopic (exact) mass is 479 g/mol. The van der Waals surface area contributed by atoms with Gasteiger partial charge in [-0.3, -0.25) is 4.90 Å². The van der Waals surface area contributed by atoms with Crippen LogP contribution in [0.15, 0.2) is 48.5 Å². The second-order valence-electron chi connectivity index (χ2n) is 10.2. The summed E-state index contributed by atoms with van der Waals surface area (Å²) in [5, 5.41) is 1.34. The van der Waals surface area contributed by atoms with Crippen molar-refractivity contribution < 1.29 is 8.95 Å². The molecule has 0 radical (unpaired) electrons. The molecule has 3 aromatic rings. The number of H-pyrrole nitrogens is 1. The van der Waals surface area contributed by atoms with Gasteiger partial charge >= 0.3 is 0 Å². The Morgan fingerprint density at radius 2 is 1.85 bits per heavy atom. The average Bonchev–Trinajstić information content (AvgIpc) is 3.17. The molecule has 0 saturated carbocycles. The molecule has 5 rings (SSSR count). The van der Waals surface area contributed by atoms with Crippen LogP contribution in [0.2, 0.25) is 0 Å². The number of nitrogens with one attached hydrogen (secondary N) is 1. The molecule has 0 aliphatic carbocycles.